The van der Waals surface area contributed by atoms with Crippen molar-refractivity contribution >= 4 is 45.3 Å². The standard InChI is InChI=1S/C22H15ClN2O/c23-18-11-9-15(10-12-18)22(26)25-24-14-21-19-7-3-1-5-16(19)13-17-6-2-4-8-20(17)21/h1-14H,(H,25,26)/b24-14-. The quantitative estimate of drug-likeness (QED) is 0.297. The van der Waals surface area contributed by atoms with Crippen LogP contribution >= 0.6 is 11.6 Å². The summed E-state index contributed by atoms with van der Waals surface area (Å²) in [5, 5.41) is 9.23. The Bertz CT molecular complexity index is 1080. The third-order valence-electron chi connectivity index (χ3n) is 4.28. The van der Waals surface area contributed by atoms with Gasteiger partial charge in [-0.2, -0.15) is 5.10 Å². The SMILES string of the molecule is O=C(N/N=C\c1c2ccccc2cc2ccccc12)c1ccc(Cl)cc1. The van der Waals surface area contributed by atoms with Crippen molar-refractivity contribution in [3.63, 3.8) is 0 Å². The third kappa shape index (κ3) is 3.17. The summed E-state index contributed by atoms with van der Waals surface area (Å²) in [7, 11) is 0. The summed E-state index contributed by atoms with van der Waals surface area (Å²) in [6.45, 7) is 0. The van der Waals surface area contributed by atoms with Gasteiger partial charge >= 0.3 is 0 Å². The van der Waals surface area contributed by atoms with E-state index in [1.807, 2.05) is 24.3 Å². The van der Waals surface area contributed by atoms with Crippen molar-refractivity contribution in [1.82, 2.24) is 5.43 Å². The number of nitrogens with one attached hydrogen (secondary N) is 1. The minimum atomic E-state index is -0.276. The summed E-state index contributed by atoms with van der Waals surface area (Å²) in [4.78, 5) is 12.2. The van der Waals surface area contributed by atoms with Crippen LogP contribution in [0.25, 0.3) is 21.5 Å². The molecule has 0 saturated heterocycles. The highest BCUT2D eigenvalue weighted by molar-refractivity contribution is 6.30. The second kappa shape index (κ2) is 6.98. The molecule has 4 rings (SSSR count). The van der Waals surface area contributed by atoms with E-state index in [-0.39, 0.29) is 5.91 Å². The number of halogens is 1. The fourth-order valence-corrected chi connectivity index (χ4v) is 3.14. The lowest BCUT2D eigenvalue weighted by molar-refractivity contribution is 0.0955. The molecule has 0 bridgehead atoms. The van der Waals surface area contributed by atoms with Crippen LogP contribution in [0.1, 0.15) is 15.9 Å². The van der Waals surface area contributed by atoms with Crippen LogP contribution < -0.4 is 5.43 Å². The zero-order valence-electron chi connectivity index (χ0n) is 13.8. The van der Waals surface area contributed by atoms with Crippen LogP contribution in [0.5, 0.6) is 0 Å². The second-order valence-corrected chi connectivity index (χ2v) is 6.37. The number of benzene rings is 4. The molecule has 1 N–H and O–H groups in total. The first-order valence-corrected chi connectivity index (χ1v) is 8.59. The Balaban J connectivity index is 1.70. The molecule has 0 radical (unpaired) electrons. The number of hydrazone groups is 1. The van der Waals surface area contributed by atoms with Crippen LogP contribution in [0.2, 0.25) is 5.02 Å². The zero-order valence-corrected chi connectivity index (χ0v) is 14.6. The van der Waals surface area contributed by atoms with E-state index < -0.39 is 0 Å². The summed E-state index contributed by atoms with van der Waals surface area (Å²) < 4.78 is 0. The predicted octanol–water partition coefficient (Wildman–Crippen LogP) is 5.41. The molecule has 0 aliphatic carbocycles. The molecule has 4 heteroatoms. The van der Waals surface area contributed by atoms with Crippen molar-refractivity contribution in [2.45, 2.75) is 0 Å². The summed E-state index contributed by atoms with van der Waals surface area (Å²) in [5.41, 5.74) is 4.07. The summed E-state index contributed by atoms with van der Waals surface area (Å²) in [6, 6.07) is 25.2. The average molecular weight is 359 g/mol. The molecular formula is C22H15ClN2O. The van der Waals surface area contributed by atoms with Crippen LogP contribution in [-0.4, -0.2) is 12.1 Å². The van der Waals surface area contributed by atoms with E-state index in [4.69, 9.17) is 11.6 Å². The molecule has 126 valence electrons. The molecule has 4 aromatic rings. The maximum atomic E-state index is 12.2. The number of amides is 1. The lowest BCUT2D eigenvalue weighted by Crippen LogP contribution is -2.17. The van der Waals surface area contributed by atoms with Gasteiger partial charge in [-0.05, 0) is 51.9 Å². The molecule has 0 spiro atoms. The molecule has 1 amide bonds. The Morgan fingerprint density at radius 1 is 0.846 bits per heavy atom. The zero-order chi connectivity index (χ0) is 17.9. The summed E-state index contributed by atoms with van der Waals surface area (Å²) in [5.74, 6) is -0.276. The van der Waals surface area contributed by atoms with Crippen molar-refractivity contribution < 1.29 is 4.79 Å². The number of nitrogens with zero attached hydrogens (tertiary/aromatic N) is 1. The molecule has 0 aromatic heterocycles. The minimum Gasteiger partial charge on any atom is -0.267 e. The Kier molecular flexibility index (Phi) is 4.38. The number of carbonyl (C=O) groups is 1. The maximum Gasteiger partial charge on any atom is 0.271 e. The fraction of sp³-hybridized carbons (Fsp3) is 0. The minimum absolute atomic E-state index is 0.276. The van der Waals surface area contributed by atoms with E-state index >= 15 is 0 Å². The molecule has 0 unspecified atom stereocenters. The highest BCUT2D eigenvalue weighted by atomic mass is 35.5. The number of carbonyl (C=O) groups excluding carboxylic acids is 1. The van der Waals surface area contributed by atoms with Crippen LogP contribution in [-0.2, 0) is 0 Å². The fourth-order valence-electron chi connectivity index (χ4n) is 3.01. The Hall–Kier alpha value is -3.17. The maximum absolute atomic E-state index is 12.2. The van der Waals surface area contributed by atoms with Crippen LogP contribution in [0.3, 0.4) is 0 Å². The monoisotopic (exact) mass is 358 g/mol. The van der Waals surface area contributed by atoms with Gasteiger partial charge < -0.3 is 0 Å². The highest BCUT2D eigenvalue weighted by Crippen LogP contribution is 2.27. The number of fused-ring (bicyclic) bond motifs is 2. The van der Waals surface area contributed by atoms with E-state index in [1.165, 1.54) is 0 Å². The van der Waals surface area contributed by atoms with Gasteiger partial charge in [-0.3, -0.25) is 4.79 Å². The summed E-state index contributed by atoms with van der Waals surface area (Å²) in [6.07, 6.45) is 1.71. The van der Waals surface area contributed by atoms with Gasteiger partial charge in [0, 0.05) is 16.1 Å². The Morgan fingerprint density at radius 2 is 1.42 bits per heavy atom. The molecule has 0 saturated carbocycles. The van der Waals surface area contributed by atoms with Gasteiger partial charge in [-0.25, -0.2) is 5.43 Å². The van der Waals surface area contributed by atoms with Gasteiger partial charge in [0.05, 0.1) is 6.21 Å². The van der Waals surface area contributed by atoms with E-state index in [9.17, 15) is 4.79 Å². The van der Waals surface area contributed by atoms with Crippen molar-refractivity contribution in [3.8, 4) is 0 Å². The van der Waals surface area contributed by atoms with Crippen LogP contribution in [0.15, 0.2) is 84.0 Å². The third-order valence-corrected chi connectivity index (χ3v) is 4.53. The first-order valence-electron chi connectivity index (χ1n) is 8.22. The number of hydrogen-bond donors (Lipinski definition) is 1. The summed E-state index contributed by atoms with van der Waals surface area (Å²) >= 11 is 5.85. The molecule has 0 atom stereocenters. The largest absolute Gasteiger partial charge is 0.271 e. The van der Waals surface area contributed by atoms with Gasteiger partial charge in [-0.15, -0.1) is 0 Å². The molecule has 3 nitrogen and oxygen atoms in total. The molecule has 0 aliphatic heterocycles. The Labute approximate surface area is 155 Å². The van der Waals surface area contributed by atoms with E-state index in [0.29, 0.717) is 10.6 Å². The van der Waals surface area contributed by atoms with Crippen molar-refractivity contribution in [2.75, 3.05) is 0 Å². The first kappa shape index (κ1) is 16.3. The van der Waals surface area contributed by atoms with Gasteiger partial charge in [0.1, 0.15) is 0 Å². The number of hydrogen-bond acceptors (Lipinski definition) is 2. The van der Waals surface area contributed by atoms with E-state index in [1.54, 1.807) is 30.5 Å². The second-order valence-electron chi connectivity index (χ2n) is 5.94. The Morgan fingerprint density at radius 3 is 2.04 bits per heavy atom. The van der Waals surface area contributed by atoms with Crippen LogP contribution in [0.4, 0.5) is 0 Å². The lowest BCUT2D eigenvalue weighted by Gasteiger charge is -2.08. The van der Waals surface area contributed by atoms with Crippen molar-refractivity contribution in [1.29, 1.82) is 0 Å². The van der Waals surface area contributed by atoms with Crippen molar-refractivity contribution in [3.05, 3.63) is 95.0 Å². The first-order chi connectivity index (χ1) is 12.7. The van der Waals surface area contributed by atoms with Gasteiger partial charge in [0.25, 0.3) is 5.91 Å². The van der Waals surface area contributed by atoms with Crippen molar-refractivity contribution in [2.24, 2.45) is 5.10 Å². The normalized spacial score (nSPS) is 11.3. The molecule has 0 fully saturated rings. The number of rotatable bonds is 3. The van der Waals surface area contributed by atoms with Gasteiger partial charge in [0.2, 0.25) is 0 Å². The predicted molar refractivity (Wildman–Crippen MR) is 108 cm³/mol. The highest BCUT2D eigenvalue weighted by Gasteiger charge is 2.06. The smallest absolute Gasteiger partial charge is 0.267 e. The van der Waals surface area contributed by atoms with Gasteiger partial charge in [-0.1, -0.05) is 60.1 Å². The topological polar surface area (TPSA) is 41.5 Å². The molecule has 0 heterocycles. The van der Waals surface area contributed by atoms with Crippen LogP contribution in [0, 0.1) is 0 Å². The van der Waals surface area contributed by atoms with E-state index in [0.717, 1.165) is 27.1 Å². The van der Waals surface area contributed by atoms with E-state index in [2.05, 4.69) is 40.9 Å². The molecule has 26 heavy (non-hydrogen) atoms. The molecule has 0 aliphatic rings. The average Bonchev–Trinajstić information content (AvgIpc) is 2.68. The lowest BCUT2D eigenvalue weighted by atomic mass is 9.97. The molecular weight excluding hydrogens is 344 g/mol. The molecule has 4 aromatic carbocycles. The van der Waals surface area contributed by atoms with Gasteiger partial charge in [0.15, 0.2) is 0 Å².